The van der Waals surface area contributed by atoms with Crippen LogP contribution in [-0.2, 0) is 20.9 Å². The highest BCUT2D eigenvalue weighted by Gasteiger charge is 2.29. The van der Waals surface area contributed by atoms with Crippen LogP contribution >= 0.6 is 0 Å². The van der Waals surface area contributed by atoms with Gasteiger partial charge in [-0.05, 0) is 25.8 Å². The lowest BCUT2D eigenvalue weighted by molar-refractivity contribution is -0.133. The second-order valence-corrected chi connectivity index (χ2v) is 5.56. The molecule has 0 aliphatic carbocycles. The number of nitrogens with one attached hydrogen (secondary N) is 2. The Morgan fingerprint density at radius 1 is 1.13 bits per heavy atom. The SMILES string of the molecule is CC(C)(OC(=O)NCCCC(=O)NCc1ccccc1)C(N)=O. The molecule has 0 bridgehead atoms. The van der Waals surface area contributed by atoms with Crippen LogP contribution in [0.2, 0.25) is 0 Å². The molecule has 7 nitrogen and oxygen atoms in total. The number of amides is 3. The number of carbonyl (C=O) groups is 3. The average Bonchev–Trinajstić information content (AvgIpc) is 2.50. The molecule has 126 valence electrons. The quantitative estimate of drug-likeness (QED) is 0.622. The first-order valence-electron chi connectivity index (χ1n) is 7.38. The third kappa shape index (κ3) is 7.30. The van der Waals surface area contributed by atoms with Gasteiger partial charge < -0.3 is 21.1 Å². The summed E-state index contributed by atoms with van der Waals surface area (Å²) in [6.45, 7) is 3.56. The van der Waals surface area contributed by atoms with Gasteiger partial charge in [-0.1, -0.05) is 30.3 Å². The van der Waals surface area contributed by atoms with E-state index < -0.39 is 17.6 Å². The second-order valence-electron chi connectivity index (χ2n) is 5.56. The molecule has 0 unspecified atom stereocenters. The summed E-state index contributed by atoms with van der Waals surface area (Å²) in [4.78, 5) is 34.2. The Balaban J connectivity index is 2.15. The first kappa shape index (κ1) is 18.5. The number of carbonyl (C=O) groups excluding carboxylic acids is 3. The van der Waals surface area contributed by atoms with Crippen molar-refractivity contribution in [3.05, 3.63) is 35.9 Å². The van der Waals surface area contributed by atoms with E-state index in [0.29, 0.717) is 13.0 Å². The third-order valence-electron chi connectivity index (χ3n) is 3.12. The molecule has 0 radical (unpaired) electrons. The number of hydrogen-bond acceptors (Lipinski definition) is 4. The standard InChI is InChI=1S/C16H23N3O4/c1-16(2,14(17)21)23-15(22)18-10-6-9-13(20)19-11-12-7-4-3-5-8-12/h3-5,7-8H,6,9-11H2,1-2H3,(H2,17,21)(H,18,22)(H,19,20). The fourth-order valence-electron chi connectivity index (χ4n) is 1.64. The summed E-state index contributed by atoms with van der Waals surface area (Å²) < 4.78 is 4.89. The lowest BCUT2D eigenvalue weighted by atomic mass is 10.1. The van der Waals surface area contributed by atoms with Crippen LogP contribution in [0.3, 0.4) is 0 Å². The number of hydrogen-bond donors (Lipinski definition) is 3. The molecule has 4 N–H and O–H groups in total. The van der Waals surface area contributed by atoms with E-state index >= 15 is 0 Å². The number of primary amides is 1. The Morgan fingerprint density at radius 3 is 2.39 bits per heavy atom. The van der Waals surface area contributed by atoms with Crippen LogP contribution in [0.1, 0.15) is 32.3 Å². The predicted molar refractivity (Wildman–Crippen MR) is 85.3 cm³/mol. The summed E-state index contributed by atoms with van der Waals surface area (Å²) in [7, 11) is 0. The number of benzene rings is 1. The van der Waals surface area contributed by atoms with Gasteiger partial charge in [-0.3, -0.25) is 9.59 Å². The topological polar surface area (TPSA) is 111 Å². The van der Waals surface area contributed by atoms with Gasteiger partial charge in [0.25, 0.3) is 5.91 Å². The minimum atomic E-state index is -1.36. The highest BCUT2D eigenvalue weighted by atomic mass is 16.6. The van der Waals surface area contributed by atoms with Crippen LogP contribution in [0.15, 0.2) is 30.3 Å². The van der Waals surface area contributed by atoms with Crippen molar-refractivity contribution in [2.45, 2.75) is 38.8 Å². The lowest BCUT2D eigenvalue weighted by Gasteiger charge is -2.21. The molecule has 1 rings (SSSR count). The zero-order valence-electron chi connectivity index (χ0n) is 13.4. The maximum Gasteiger partial charge on any atom is 0.408 e. The Labute approximate surface area is 135 Å². The molecule has 0 saturated heterocycles. The van der Waals surface area contributed by atoms with Crippen molar-refractivity contribution in [1.82, 2.24) is 10.6 Å². The average molecular weight is 321 g/mol. The van der Waals surface area contributed by atoms with E-state index in [1.807, 2.05) is 30.3 Å². The summed E-state index contributed by atoms with van der Waals surface area (Å²) >= 11 is 0. The molecule has 7 heteroatoms. The van der Waals surface area contributed by atoms with Gasteiger partial charge in [-0.15, -0.1) is 0 Å². The van der Waals surface area contributed by atoms with Crippen LogP contribution in [0.4, 0.5) is 4.79 Å². The van der Waals surface area contributed by atoms with E-state index in [1.54, 1.807) is 0 Å². The summed E-state index contributed by atoms with van der Waals surface area (Å²) in [6.07, 6.45) is 0.0116. The third-order valence-corrected chi connectivity index (χ3v) is 3.12. The summed E-state index contributed by atoms with van der Waals surface area (Å²) in [5.74, 6) is -0.825. The van der Waals surface area contributed by atoms with E-state index in [9.17, 15) is 14.4 Å². The van der Waals surface area contributed by atoms with Crippen molar-refractivity contribution >= 4 is 17.9 Å². The van der Waals surface area contributed by atoms with E-state index in [-0.39, 0.29) is 18.9 Å². The molecular weight excluding hydrogens is 298 g/mol. The normalized spacial score (nSPS) is 10.7. The fourth-order valence-corrected chi connectivity index (χ4v) is 1.64. The van der Waals surface area contributed by atoms with Crippen molar-refractivity contribution in [2.24, 2.45) is 5.73 Å². The summed E-state index contributed by atoms with van der Waals surface area (Å²) in [5, 5.41) is 5.27. The van der Waals surface area contributed by atoms with Crippen molar-refractivity contribution < 1.29 is 19.1 Å². The monoisotopic (exact) mass is 321 g/mol. The van der Waals surface area contributed by atoms with Crippen molar-refractivity contribution in [2.75, 3.05) is 6.54 Å². The molecule has 0 aliphatic rings. The van der Waals surface area contributed by atoms with Gasteiger partial charge in [-0.25, -0.2) is 4.79 Å². The maximum atomic E-state index is 11.7. The van der Waals surface area contributed by atoms with Gasteiger partial charge in [0.2, 0.25) is 5.91 Å². The Bertz CT molecular complexity index is 544. The molecule has 23 heavy (non-hydrogen) atoms. The van der Waals surface area contributed by atoms with Gasteiger partial charge >= 0.3 is 6.09 Å². The molecule has 0 saturated carbocycles. The van der Waals surface area contributed by atoms with Gasteiger partial charge in [0.1, 0.15) is 0 Å². The minimum Gasteiger partial charge on any atom is -0.433 e. The molecule has 3 amide bonds. The maximum absolute atomic E-state index is 11.7. The number of alkyl carbamates (subject to hydrolysis) is 1. The Morgan fingerprint density at radius 2 is 1.78 bits per heavy atom. The lowest BCUT2D eigenvalue weighted by Crippen LogP contribution is -2.44. The zero-order valence-corrected chi connectivity index (χ0v) is 13.4. The van der Waals surface area contributed by atoms with Gasteiger partial charge in [-0.2, -0.15) is 0 Å². The first-order chi connectivity index (χ1) is 10.8. The smallest absolute Gasteiger partial charge is 0.408 e. The van der Waals surface area contributed by atoms with E-state index in [4.69, 9.17) is 10.5 Å². The van der Waals surface area contributed by atoms with Crippen LogP contribution in [-0.4, -0.2) is 30.1 Å². The predicted octanol–water partition coefficient (Wildman–Crippen LogP) is 1.07. The van der Waals surface area contributed by atoms with Gasteiger partial charge in [0, 0.05) is 19.5 Å². The number of ether oxygens (including phenoxy) is 1. The molecule has 1 aromatic rings. The summed E-state index contributed by atoms with van der Waals surface area (Å²) in [6, 6.07) is 9.58. The molecule has 0 spiro atoms. The zero-order chi connectivity index (χ0) is 17.3. The molecular formula is C16H23N3O4. The van der Waals surface area contributed by atoms with E-state index in [0.717, 1.165) is 5.56 Å². The van der Waals surface area contributed by atoms with Crippen LogP contribution < -0.4 is 16.4 Å². The molecule has 1 aromatic carbocycles. The van der Waals surface area contributed by atoms with Crippen molar-refractivity contribution in [3.63, 3.8) is 0 Å². The minimum absolute atomic E-state index is 0.0958. The van der Waals surface area contributed by atoms with Crippen LogP contribution in [0.5, 0.6) is 0 Å². The van der Waals surface area contributed by atoms with E-state index in [1.165, 1.54) is 13.8 Å². The number of rotatable bonds is 8. The van der Waals surface area contributed by atoms with Crippen molar-refractivity contribution in [3.8, 4) is 0 Å². The van der Waals surface area contributed by atoms with Crippen molar-refractivity contribution in [1.29, 1.82) is 0 Å². The molecule has 0 heterocycles. The van der Waals surface area contributed by atoms with E-state index in [2.05, 4.69) is 10.6 Å². The first-order valence-corrected chi connectivity index (χ1v) is 7.38. The Hall–Kier alpha value is -2.57. The van der Waals surface area contributed by atoms with Crippen LogP contribution in [0, 0.1) is 0 Å². The highest BCUT2D eigenvalue weighted by Crippen LogP contribution is 2.07. The second kappa shape index (κ2) is 8.77. The fraction of sp³-hybridized carbons (Fsp3) is 0.438. The van der Waals surface area contributed by atoms with Gasteiger partial charge in [0.05, 0.1) is 0 Å². The van der Waals surface area contributed by atoms with Crippen LogP contribution in [0.25, 0.3) is 0 Å². The molecule has 0 aliphatic heterocycles. The highest BCUT2D eigenvalue weighted by molar-refractivity contribution is 5.85. The largest absolute Gasteiger partial charge is 0.433 e. The Kier molecular flexibility index (Phi) is 7.05. The molecule has 0 fully saturated rings. The molecule has 0 atom stereocenters. The number of nitrogens with two attached hydrogens (primary N) is 1. The molecule has 0 aromatic heterocycles. The van der Waals surface area contributed by atoms with Gasteiger partial charge in [0.15, 0.2) is 5.60 Å². The summed E-state index contributed by atoms with van der Waals surface area (Å²) in [5.41, 5.74) is 4.76.